The zero-order valence-electron chi connectivity index (χ0n) is 13.0. The van der Waals surface area contributed by atoms with Gasteiger partial charge in [-0.3, -0.25) is 4.79 Å². The third-order valence-corrected chi connectivity index (χ3v) is 6.96. The van der Waals surface area contributed by atoms with Crippen molar-refractivity contribution in [2.75, 3.05) is 6.54 Å². The molecule has 2 aliphatic rings. The Morgan fingerprint density at radius 1 is 1.38 bits per heavy atom. The van der Waals surface area contributed by atoms with Gasteiger partial charge in [0.15, 0.2) is 9.84 Å². The summed E-state index contributed by atoms with van der Waals surface area (Å²) in [5.41, 5.74) is -0.690. The van der Waals surface area contributed by atoms with E-state index < -0.39 is 20.6 Å². The van der Waals surface area contributed by atoms with Gasteiger partial charge in [-0.2, -0.15) is 5.26 Å². The highest BCUT2D eigenvalue weighted by atomic mass is 35.5. The van der Waals surface area contributed by atoms with Crippen LogP contribution >= 0.6 is 11.6 Å². The van der Waals surface area contributed by atoms with Gasteiger partial charge in [0.05, 0.1) is 16.2 Å². The van der Waals surface area contributed by atoms with Crippen LogP contribution in [0, 0.1) is 11.3 Å². The lowest BCUT2D eigenvalue weighted by atomic mass is 10.1. The number of nitrogens with one attached hydrogen (secondary N) is 2. The maximum absolute atomic E-state index is 12.6. The van der Waals surface area contributed by atoms with Gasteiger partial charge in [0.25, 0.3) is 0 Å². The van der Waals surface area contributed by atoms with Gasteiger partial charge < -0.3 is 10.6 Å². The summed E-state index contributed by atoms with van der Waals surface area (Å²) in [4.78, 5) is 12.3. The fourth-order valence-electron chi connectivity index (χ4n) is 2.92. The van der Waals surface area contributed by atoms with Gasteiger partial charge in [0, 0.05) is 24.0 Å². The lowest BCUT2D eigenvalue weighted by Crippen LogP contribution is -2.39. The Bertz CT molecular complexity index is 782. The van der Waals surface area contributed by atoms with Crippen LogP contribution in [0.15, 0.2) is 29.2 Å². The van der Waals surface area contributed by atoms with Crippen LogP contribution in [0.3, 0.4) is 0 Å². The summed E-state index contributed by atoms with van der Waals surface area (Å²) in [6.45, 7) is 0.312. The Morgan fingerprint density at radius 3 is 2.62 bits per heavy atom. The second-order valence-electron chi connectivity index (χ2n) is 6.41. The molecule has 1 saturated carbocycles. The SMILES string of the molecule is N#CC1(NC(=O)C[C@H]2C[C@@H](S(=O)(=O)c3ccc(Cl)cc3)CN2)CC1. The molecule has 1 aliphatic carbocycles. The maximum Gasteiger partial charge on any atom is 0.222 e. The molecule has 2 atom stereocenters. The molecule has 0 aromatic heterocycles. The van der Waals surface area contributed by atoms with Crippen LogP contribution in [0.2, 0.25) is 5.02 Å². The molecule has 1 saturated heterocycles. The third kappa shape index (κ3) is 3.56. The number of benzene rings is 1. The fraction of sp³-hybridized carbons (Fsp3) is 0.500. The van der Waals surface area contributed by atoms with Crippen LogP contribution in [-0.2, 0) is 14.6 Å². The van der Waals surface area contributed by atoms with Crippen LogP contribution in [0.4, 0.5) is 0 Å². The Morgan fingerprint density at radius 2 is 2.04 bits per heavy atom. The first kappa shape index (κ1) is 17.2. The van der Waals surface area contributed by atoms with E-state index in [2.05, 4.69) is 16.7 Å². The van der Waals surface area contributed by atoms with Crippen molar-refractivity contribution in [3.05, 3.63) is 29.3 Å². The van der Waals surface area contributed by atoms with E-state index in [0.29, 0.717) is 30.8 Å². The lowest BCUT2D eigenvalue weighted by molar-refractivity contribution is -0.122. The number of carbonyl (C=O) groups excluding carboxylic acids is 1. The molecular weight excluding hydrogens is 350 g/mol. The second-order valence-corrected chi connectivity index (χ2v) is 9.07. The number of halogens is 1. The molecule has 6 nitrogen and oxygen atoms in total. The van der Waals surface area contributed by atoms with Gasteiger partial charge in [0.2, 0.25) is 5.91 Å². The van der Waals surface area contributed by atoms with Crippen LogP contribution in [0.5, 0.6) is 0 Å². The Kier molecular flexibility index (Phi) is 4.56. The predicted molar refractivity (Wildman–Crippen MR) is 89.2 cm³/mol. The van der Waals surface area contributed by atoms with E-state index in [4.69, 9.17) is 16.9 Å². The summed E-state index contributed by atoms with van der Waals surface area (Å²) in [6, 6.07) is 8.02. The lowest BCUT2D eigenvalue weighted by Gasteiger charge is -2.13. The fourth-order valence-corrected chi connectivity index (χ4v) is 4.75. The highest BCUT2D eigenvalue weighted by molar-refractivity contribution is 7.92. The average Bonchev–Trinajstić information content (AvgIpc) is 3.15. The normalized spacial score (nSPS) is 25.0. The summed E-state index contributed by atoms with van der Waals surface area (Å²) < 4.78 is 25.3. The standard InChI is InChI=1S/C16H18ClN3O3S/c17-11-1-3-13(4-2-11)24(22,23)14-7-12(19-9-14)8-15(21)20-16(10-18)5-6-16/h1-4,12,14,19H,5-9H2,(H,20,21)/t12-,14-/m1/s1. The summed E-state index contributed by atoms with van der Waals surface area (Å²) >= 11 is 5.80. The van der Waals surface area contributed by atoms with Crippen LogP contribution in [-0.4, -0.2) is 37.7 Å². The van der Waals surface area contributed by atoms with Crippen molar-refractivity contribution in [1.82, 2.24) is 10.6 Å². The molecule has 0 radical (unpaired) electrons. The quantitative estimate of drug-likeness (QED) is 0.819. The zero-order chi connectivity index (χ0) is 17.4. The van der Waals surface area contributed by atoms with Crippen LogP contribution < -0.4 is 10.6 Å². The highest BCUT2D eigenvalue weighted by Crippen LogP contribution is 2.34. The van der Waals surface area contributed by atoms with Gasteiger partial charge in [-0.1, -0.05) is 11.6 Å². The Balaban J connectivity index is 1.59. The zero-order valence-corrected chi connectivity index (χ0v) is 14.5. The molecule has 2 N–H and O–H groups in total. The van der Waals surface area contributed by atoms with Gasteiger partial charge in [-0.15, -0.1) is 0 Å². The van der Waals surface area contributed by atoms with Crippen molar-refractivity contribution in [2.24, 2.45) is 0 Å². The van der Waals surface area contributed by atoms with Crippen molar-refractivity contribution in [1.29, 1.82) is 5.26 Å². The number of hydrogen-bond acceptors (Lipinski definition) is 5. The Hall–Kier alpha value is -1.62. The molecule has 1 heterocycles. The number of carbonyl (C=O) groups is 1. The van der Waals surface area contributed by atoms with Gasteiger partial charge in [0.1, 0.15) is 5.54 Å². The van der Waals surface area contributed by atoms with Crippen molar-refractivity contribution in [3.8, 4) is 6.07 Å². The monoisotopic (exact) mass is 367 g/mol. The van der Waals surface area contributed by atoms with E-state index in [0.717, 1.165) is 0 Å². The molecule has 1 aromatic carbocycles. The van der Waals surface area contributed by atoms with Crippen molar-refractivity contribution < 1.29 is 13.2 Å². The molecule has 2 fully saturated rings. The van der Waals surface area contributed by atoms with Crippen molar-refractivity contribution in [3.63, 3.8) is 0 Å². The summed E-state index contributed by atoms with van der Waals surface area (Å²) in [5, 5.41) is 14.7. The average molecular weight is 368 g/mol. The molecule has 24 heavy (non-hydrogen) atoms. The number of nitrogens with zero attached hydrogens (tertiary/aromatic N) is 1. The van der Waals surface area contributed by atoms with Gasteiger partial charge in [-0.05, 0) is 43.5 Å². The number of nitriles is 1. The first-order valence-corrected chi connectivity index (χ1v) is 9.72. The Labute approximate surface area is 146 Å². The maximum atomic E-state index is 12.6. The third-order valence-electron chi connectivity index (χ3n) is 4.54. The van der Waals surface area contributed by atoms with Crippen molar-refractivity contribution >= 4 is 27.3 Å². The first-order valence-electron chi connectivity index (χ1n) is 7.80. The highest BCUT2D eigenvalue weighted by Gasteiger charge is 2.45. The number of rotatable bonds is 5. The van der Waals surface area contributed by atoms with Gasteiger partial charge >= 0.3 is 0 Å². The van der Waals surface area contributed by atoms with Crippen LogP contribution in [0.1, 0.15) is 25.7 Å². The van der Waals surface area contributed by atoms with E-state index in [9.17, 15) is 13.2 Å². The minimum Gasteiger partial charge on any atom is -0.338 e. The molecule has 1 aromatic rings. The summed E-state index contributed by atoms with van der Waals surface area (Å²) in [6.07, 6.45) is 1.91. The summed E-state index contributed by atoms with van der Waals surface area (Å²) in [5.74, 6) is -0.212. The molecular formula is C16H18ClN3O3S. The van der Waals surface area contributed by atoms with E-state index >= 15 is 0 Å². The second kappa shape index (κ2) is 6.36. The first-order chi connectivity index (χ1) is 11.3. The molecule has 0 spiro atoms. The molecule has 3 rings (SSSR count). The topological polar surface area (TPSA) is 99.1 Å². The minimum absolute atomic E-state index is 0.177. The van der Waals surface area contributed by atoms with Gasteiger partial charge in [-0.25, -0.2) is 8.42 Å². The molecule has 1 amide bonds. The predicted octanol–water partition coefficient (Wildman–Crippen LogP) is 1.41. The van der Waals surface area contributed by atoms with Crippen LogP contribution in [0.25, 0.3) is 0 Å². The van der Waals surface area contributed by atoms with E-state index in [1.165, 1.54) is 12.1 Å². The number of sulfone groups is 1. The number of hydrogen-bond donors (Lipinski definition) is 2. The van der Waals surface area contributed by atoms with E-state index in [-0.39, 0.29) is 23.3 Å². The molecule has 1 aliphatic heterocycles. The minimum atomic E-state index is -3.46. The van der Waals surface area contributed by atoms with Crippen molar-refractivity contribution in [2.45, 2.75) is 47.4 Å². The smallest absolute Gasteiger partial charge is 0.222 e. The molecule has 8 heteroatoms. The van der Waals surface area contributed by atoms with E-state index in [1.54, 1.807) is 12.1 Å². The molecule has 0 unspecified atom stereocenters. The molecule has 128 valence electrons. The largest absolute Gasteiger partial charge is 0.338 e. The summed E-state index contributed by atoms with van der Waals surface area (Å²) in [7, 11) is -3.46. The van der Waals surface area contributed by atoms with E-state index in [1.807, 2.05) is 0 Å². The molecule has 0 bridgehead atoms. The number of amides is 1.